The van der Waals surface area contributed by atoms with Gasteiger partial charge in [-0.25, -0.2) is 18.1 Å². The predicted octanol–water partition coefficient (Wildman–Crippen LogP) is 1.76. The number of aryl methyl sites for hydroxylation is 1. The summed E-state index contributed by atoms with van der Waals surface area (Å²) in [4.78, 5) is 7.14. The van der Waals surface area contributed by atoms with Crippen molar-refractivity contribution in [1.29, 1.82) is 0 Å². The van der Waals surface area contributed by atoms with Crippen LogP contribution in [-0.4, -0.2) is 44.6 Å². The van der Waals surface area contributed by atoms with Crippen molar-refractivity contribution in [2.75, 3.05) is 26.3 Å². The first-order chi connectivity index (χ1) is 11.5. The van der Waals surface area contributed by atoms with Gasteiger partial charge in [0.15, 0.2) is 0 Å². The minimum Gasteiger partial charge on any atom is -0.379 e. The molecule has 6 nitrogen and oxygen atoms in total. The van der Waals surface area contributed by atoms with Crippen LogP contribution in [0.25, 0.3) is 0 Å². The van der Waals surface area contributed by atoms with Gasteiger partial charge >= 0.3 is 0 Å². The molecule has 1 saturated heterocycles. The number of hydrogen-bond donors (Lipinski definition) is 1. The molecule has 0 bridgehead atoms. The van der Waals surface area contributed by atoms with Crippen LogP contribution in [0.4, 0.5) is 0 Å². The lowest BCUT2D eigenvalue weighted by Gasteiger charge is -2.25. The fourth-order valence-corrected chi connectivity index (χ4v) is 4.63. The van der Waals surface area contributed by atoms with Crippen LogP contribution >= 0.6 is 11.3 Å². The Hall–Kier alpha value is -1.32. The zero-order chi connectivity index (χ0) is 17.0. The van der Waals surface area contributed by atoms with Crippen LogP contribution in [0.3, 0.4) is 0 Å². The molecule has 3 rings (SSSR count). The molecule has 130 valence electrons. The Balaban J connectivity index is 1.60. The Kier molecular flexibility index (Phi) is 5.62. The lowest BCUT2D eigenvalue weighted by Crippen LogP contribution is -2.35. The summed E-state index contributed by atoms with van der Waals surface area (Å²) in [5.74, 6) is 0. The number of morpholine rings is 1. The highest BCUT2D eigenvalue weighted by molar-refractivity contribution is 7.89. The van der Waals surface area contributed by atoms with E-state index in [1.54, 1.807) is 25.1 Å². The van der Waals surface area contributed by atoms with Crippen molar-refractivity contribution >= 4 is 21.4 Å². The molecular weight excluding hydrogens is 346 g/mol. The van der Waals surface area contributed by atoms with Crippen LogP contribution in [-0.2, 0) is 27.8 Å². The first kappa shape index (κ1) is 17.5. The summed E-state index contributed by atoms with van der Waals surface area (Å²) in [6, 6.07) is 6.96. The van der Waals surface area contributed by atoms with Crippen molar-refractivity contribution in [3.63, 3.8) is 0 Å². The molecule has 1 fully saturated rings. The molecular formula is C16H21N3O3S2. The zero-order valence-corrected chi connectivity index (χ0v) is 15.2. The van der Waals surface area contributed by atoms with Gasteiger partial charge in [-0.2, -0.15) is 0 Å². The summed E-state index contributed by atoms with van der Waals surface area (Å²) in [6.07, 6.45) is 0. The molecule has 1 aliphatic heterocycles. The van der Waals surface area contributed by atoms with Crippen molar-refractivity contribution < 1.29 is 13.2 Å². The van der Waals surface area contributed by atoms with Gasteiger partial charge in [-0.1, -0.05) is 18.2 Å². The van der Waals surface area contributed by atoms with E-state index < -0.39 is 10.0 Å². The van der Waals surface area contributed by atoms with E-state index in [0.717, 1.165) is 49.1 Å². The van der Waals surface area contributed by atoms with Crippen LogP contribution in [0.5, 0.6) is 0 Å². The van der Waals surface area contributed by atoms with Crippen LogP contribution in [0.15, 0.2) is 34.5 Å². The maximum Gasteiger partial charge on any atom is 0.241 e. The summed E-state index contributed by atoms with van der Waals surface area (Å²) in [5.41, 5.74) is 1.71. The lowest BCUT2D eigenvalue weighted by atomic mass is 10.2. The van der Waals surface area contributed by atoms with Crippen molar-refractivity contribution in [2.45, 2.75) is 24.9 Å². The normalized spacial score (nSPS) is 16.4. The number of ether oxygens (including phenoxy) is 1. The second kappa shape index (κ2) is 7.71. The monoisotopic (exact) mass is 367 g/mol. The Morgan fingerprint density at radius 1 is 1.29 bits per heavy atom. The van der Waals surface area contributed by atoms with Gasteiger partial charge in [0.1, 0.15) is 5.01 Å². The van der Waals surface area contributed by atoms with Gasteiger partial charge in [-0.3, -0.25) is 4.90 Å². The number of benzene rings is 1. The van der Waals surface area contributed by atoms with E-state index in [4.69, 9.17) is 4.74 Å². The number of nitrogens with zero attached hydrogens (tertiary/aromatic N) is 2. The summed E-state index contributed by atoms with van der Waals surface area (Å²) >= 11 is 1.48. The summed E-state index contributed by atoms with van der Waals surface area (Å²) in [5, 5.41) is 2.77. The van der Waals surface area contributed by atoms with E-state index in [1.165, 1.54) is 11.3 Å². The zero-order valence-electron chi connectivity index (χ0n) is 13.6. The molecule has 0 atom stereocenters. The quantitative estimate of drug-likeness (QED) is 0.842. The van der Waals surface area contributed by atoms with E-state index >= 15 is 0 Å². The van der Waals surface area contributed by atoms with Crippen LogP contribution in [0, 0.1) is 6.92 Å². The Morgan fingerprint density at radius 2 is 2.04 bits per heavy atom. The van der Waals surface area contributed by atoms with Crippen molar-refractivity contribution in [3.05, 3.63) is 45.9 Å². The topological polar surface area (TPSA) is 71.5 Å². The maximum absolute atomic E-state index is 12.4. The van der Waals surface area contributed by atoms with Crippen LogP contribution in [0.1, 0.15) is 16.3 Å². The summed E-state index contributed by atoms with van der Waals surface area (Å²) in [6.45, 7) is 6.12. The lowest BCUT2D eigenvalue weighted by molar-refractivity contribution is 0.0337. The third kappa shape index (κ3) is 4.40. The van der Waals surface area contributed by atoms with Crippen LogP contribution < -0.4 is 4.72 Å². The molecule has 1 aliphatic rings. The molecule has 24 heavy (non-hydrogen) atoms. The summed E-state index contributed by atoms with van der Waals surface area (Å²) in [7, 11) is -3.52. The SMILES string of the molecule is Cc1ccccc1S(=O)(=O)NCc1nc(CN2CCOCC2)cs1. The smallest absolute Gasteiger partial charge is 0.241 e. The highest BCUT2D eigenvalue weighted by Gasteiger charge is 2.17. The molecule has 0 amide bonds. The maximum atomic E-state index is 12.4. The van der Waals surface area contributed by atoms with Crippen molar-refractivity contribution in [1.82, 2.24) is 14.6 Å². The van der Waals surface area contributed by atoms with Gasteiger partial charge in [-0.05, 0) is 18.6 Å². The van der Waals surface area contributed by atoms with Gasteiger partial charge < -0.3 is 4.74 Å². The molecule has 1 aromatic carbocycles. The average molecular weight is 367 g/mol. The van der Waals surface area contributed by atoms with Gasteiger partial charge in [0.25, 0.3) is 0 Å². The highest BCUT2D eigenvalue weighted by atomic mass is 32.2. The second-order valence-electron chi connectivity index (χ2n) is 5.71. The molecule has 2 aromatic rings. The molecule has 0 unspecified atom stereocenters. The molecule has 0 saturated carbocycles. The van der Waals surface area contributed by atoms with E-state index in [2.05, 4.69) is 14.6 Å². The third-order valence-electron chi connectivity index (χ3n) is 3.89. The molecule has 0 aliphatic carbocycles. The minimum absolute atomic E-state index is 0.213. The highest BCUT2D eigenvalue weighted by Crippen LogP contribution is 2.16. The molecule has 1 aromatic heterocycles. The Bertz CT molecular complexity index is 783. The van der Waals surface area contributed by atoms with Crippen molar-refractivity contribution in [2.24, 2.45) is 0 Å². The molecule has 2 heterocycles. The average Bonchev–Trinajstić information content (AvgIpc) is 3.02. The number of nitrogens with one attached hydrogen (secondary N) is 1. The van der Waals surface area contributed by atoms with E-state index in [-0.39, 0.29) is 6.54 Å². The van der Waals surface area contributed by atoms with E-state index in [0.29, 0.717) is 4.90 Å². The first-order valence-corrected chi connectivity index (χ1v) is 10.2. The number of thiazole rings is 1. The fourth-order valence-electron chi connectivity index (χ4n) is 2.58. The number of rotatable bonds is 6. The Morgan fingerprint density at radius 3 is 2.79 bits per heavy atom. The van der Waals surface area contributed by atoms with E-state index in [1.807, 2.05) is 11.4 Å². The third-order valence-corrected chi connectivity index (χ3v) is 6.34. The predicted molar refractivity (Wildman–Crippen MR) is 93.4 cm³/mol. The van der Waals surface area contributed by atoms with E-state index in [9.17, 15) is 8.42 Å². The molecule has 1 N–H and O–H groups in total. The molecule has 0 radical (unpaired) electrons. The fraction of sp³-hybridized carbons (Fsp3) is 0.438. The number of aromatic nitrogens is 1. The minimum atomic E-state index is -3.52. The van der Waals surface area contributed by atoms with Gasteiger partial charge in [0.2, 0.25) is 10.0 Å². The largest absolute Gasteiger partial charge is 0.379 e. The second-order valence-corrected chi connectivity index (χ2v) is 8.39. The van der Waals surface area contributed by atoms with Gasteiger partial charge in [0.05, 0.1) is 30.3 Å². The Labute approximate surface area is 146 Å². The number of sulfonamides is 1. The number of hydrogen-bond acceptors (Lipinski definition) is 6. The molecule has 8 heteroatoms. The first-order valence-electron chi connectivity index (χ1n) is 7.83. The van der Waals surface area contributed by atoms with Gasteiger partial charge in [0, 0.05) is 25.0 Å². The standard InChI is InChI=1S/C16H21N3O3S2/c1-13-4-2-3-5-15(13)24(20,21)17-10-16-18-14(12-23-16)11-19-6-8-22-9-7-19/h2-5,12,17H,6-11H2,1H3. The molecule has 0 spiro atoms. The van der Waals surface area contributed by atoms with Crippen molar-refractivity contribution in [3.8, 4) is 0 Å². The van der Waals surface area contributed by atoms with Gasteiger partial charge in [-0.15, -0.1) is 11.3 Å². The van der Waals surface area contributed by atoms with Crippen LogP contribution in [0.2, 0.25) is 0 Å². The summed E-state index contributed by atoms with van der Waals surface area (Å²) < 4.78 is 32.8.